The van der Waals surface area contributed by atoms with E-state index in [1.807, 2.05) is 26.0 Å². The van der Waals surface area contributed by atoms with Crippen LogP contribution >= 0.6 is 0 Å². The zero-order valence-corrected chi connectivity index (χ0v) is 10.8. The molecule has 0 aliphatic carbocycles. The third-order valence-electron chi connectivity index (χ3n) is 2.42. The van der Waals surface area contributed by atoms with Gasteiger partial charge in [-0.25, -0.2) is 4.98 Å². The molecule has 0 saturated heterocycles. The minimum Gasteiger partial charge on any atom is -0.375 e. The largest absolute Gasteiger partial charge is 0.375 e. The molecule has 0 aliphatic heterocycles. The van der Waals surface area contributed by atoms with E-state index in [0.29, 0.717) is 13.2 Å². The molecule has 96 valence electrons. The first kappa shape index (κ1) is 12.6. The minimum atomic E-state index is 0.605. The van der Waals surface area contributed by atoms with E-state index in [0.717, 1.165) is 29.1 Å². The maximum Gasteiger partial charge on any atom is 0.157 e. The van der Waals surface area contributed by atoms with E-state index in [1.54, 1.807) is 10.8 Å². The molecule has 18 heavy (non-hydrogen) atoms. The quantitative estimate of drug-likeness (QED) is 0.626. The third kappa shape index (κ3) is 3.07. The number of aryl methyl sites for hydroxylation is 1. The van der Waals surface area contributed by atoms with Crippen LogP contribution in [0.5, 0.6) is 0 Å². The Balaban J connectivity index is 1.94. The highest BCUT2D eigenvalue weighted by molar-refractivity contribution is 5.51. The summed E-state index contributed by atoms with van der Waals surface area (Å²) in [7, 11) is 0. The Labute approximate surface area is 106 Å². The predicted octanol–water partition coefficient (Wildman–Crippen LogP) is 2.04. The Morgan fingerprint density at radius 2 is 2.33 bits per heavy atom. The number of nitrogens with zero attached hydrogens (tertiary/aromatic N) is 3. The number of nitrogens with one attached hydrogen (secondary N) is 1. The summed E-state index contributed by atoms with van der Waals surface area (Å²) in [6.45, 7) is 9.75. The minimum absolute atomic E-state index is 0.605. The highest BCUT2D eigenvalue weighted by Crippen LogP contribution is 2.12. The van der Waals surface area contributed by atoms with Gasteiger partial charge in [-0.3, -0.25) is 0 Å². The first-order valence-electron chi connectivity index (χ1n) is 5.93. The Morgan fingerprint density at radius 3 is 3.11 bits per heavy atom. The molecule has 0 spiro atoms. The summed E-state index contributed by atoms with van der Waals surface area (Å²) >= 11 is 0. The summed E-state index contributed by atoms with van der Waals surface area (Å²) in [6.07, 6.45) is 1.55. The van der Waals surface area contributed by atoms with Crippen molar-refractivity contribution in [1.82, 2.24) is 14.6 Å². The second kappa shape index (κ2) is 5.64. The number of ether oxygens (including phenoxy) is 1. The number of aromatic nitrogens is 3. The van der Waals surface area contributed by atoms with Crippen molar-refractivity contribution in [3.05, 3.63) is 36.2 Å². The normalized spacial score (nSPS) is 10.8. The van der Waals surface area contributed by atoms with Gasteiger partial charge in [0.1, 0.15) is 12.1 Å². The van der Waals surface area contributed by atoms with Gasteiger partial charge in [0.25, 0.3) is 0 Å². The monoisotopic (exact) mass is 246 g/mol. The molecule has 2 rings (SSSR count). The molecule has 0 fully saturated rings. The zero-order chi connectivity index (χ0) is 13.0. The van der Waals surface area contributed by atoms with Crippen molar-refractivity contribution in [2.24, 2.45) is 0 Å². The van der Waals surface area contributed by atoms with Gasteiger partial charge in [0.15, 0.2) is 5.65 Å². The number of fused-ring (bicyclic) bond motifs is 1. The van der Waals surface area contributed by atoms with E-state index in [9.17, 15) is 0 Å². The fraction of sp³-hybridized carbons (Fsp3) is 0.385. The standard InChI is InChI=1S/C13H18N4O/c1-10(2)8-18-5-4-14-12-6-11(3)7-13-15-9-16-17(12)13/h6-7,9,14H,1,4-5,8H2,2-3H3. The van der Waals surface area contributed by atoms with Crippen LogP contribution < -0.4 is 5.32 Å². The second-order valence-electron chi connectivity index (χ2n) is 4.38. The Morgan fingerprint density at radius 1 is 1.50 bits per heavy atom. The van der Waals surface area contributed by atoms with Crippen LogP contribution in [0, 0.1) is 6.92 Å². The molecule has 0 atom stereocenters. The topological polar surface area (TPSA) is 51.5 Å². The average Bonchev–Trinajstić information content (AvgIpc) is 2.75. The van der Waals surface area contributed by atoms with Crippen molar-refractivity contribution in [3.8, 4) is 0 Å². The first-order valence-corrected chi connectivity index (χ1v) is 5.93. The highest BCUT2D eigenvalue weighted by atomic mass is 16.5. The van der Waals surface area contributed by atoms with Crippen LogP contribution in [0.15, 0.2) is 30.6 Å². The van der Waals surface area contributed by atoms with E-state index in [2.05, 4.69) is 22.0 Å². The molecule has 2 aromatic rings. The summed E-state index contributed by atoms with van der Waals surface area (Å²) in [4.78, 5) is 4.18. The number of anilines is 1. The molecule has 5 heteroatoms. The van der Waals surface area contributed by atoms with Crippen LogP contribution in [0.3, 0.4) is 0 Å². The molecule has 0 saturated carbocycles. The molecular weight excluding hydrogens is 228 g/mol. The van der Waals surface area contributed by atoms with Gasteiger partial charge in [0, 0.05) is 6.54 Å². The Hall–Kier alpha value is -1.88. The molecule has 0 amide bonds. The second-order valence-corrected chi connectivity index (χ2v) is 4.38. The lowest BCUT2D eigenvalue weighted by Crippen LogP contribution is -2.13. The summed E-state index contributed by atoms with van der Waals surface area (Å²) < 4.78 is 7.22. The van der Waals surface area contributed by atoms with Crippen LogP contribution in [0.25, 0.3) is 5.65 Å². The fourth-order valence-electron chi connectivity index (χ4n) is 1.68. The number of hydrogen-bond donors (Lipinski definition) is 1. The number of rotatable bonds is 6. The Kier molecular flexibility index (Phi) is 3.94. The molecule has 0 unspecified atom stereocenters. The maximum absolute atomic E-state index is 5.43. The number of pyridine rings is 1. The van der Waals surface area contributed by atoms with Gasteiger partial charge in [0.05, 0.1) is 13.2 Å². The SMILES string of the molecule is C=C(C)COCCNc1cc(C)cc2ncnn12. The van der Waals surface area contributed by atoms with Crippen molar-refractivity contribution in [1.29, 1.82) is 0 Å². The molecule has 2 heterocycles. The predicted molar refractivity (Wildman–Crippen MR) is 71.8 cm³/mol. The van der Waals surface area contributed by atoms with E-state index in [-0.39, 0.29) is 0 Å². The lowest BCUT2D eigenvalue weighted by Gasteiger charge is -2.09. The van der Waals surface area contributed by atoms with Gasteiger partial charge in [-0.05, 0) is 31.5 Å². The van der Waals surface area contributed by atoms with E-state index in [4.69, 9.17) is 4.74 Å². The molecule has 0 aromatic carbocycles. The highest BCUT2D eigenvalue weighted by Gasteiger charge is 2.03. The molecule has 0 aliphatic rings. The smallest absolute Gasteiger partial charge is 0.157 e. The van der Waals surface area contributed by atoms with Crippen molar-refractivity contribution < 1.29 is 4.74 Å². The molecule has 0 radical (unpaired) electrons. The summed E-state index contributed by atoms with van der Waals surface area (Å²) in [5.41, 5.74) is 3.03. The van der Waals surface area contributed by atoms with Crippen LogP contribution in [-0.2, 0) is 4.74 Å². The zero-order valence-electron chi connectivity index (χ0n) is 10.8. The molecular formula is C13H18N4O. The van der Waals surface area contributed by atoms with Gasteiger partial charge in [-0.2, -0.15) is 9.61 Å². The lowest BCUT2D eigenvalue weighted by atomic mass is 10.3. The number of hydrogen-bond acceptors (Lipinski definition) is 4. The molecule has 2 aromatic heterocycles. The van der Waals surface area contributed by atoms with Crippen molar-refractivity contribution >= 4 is 11.5 Å². The van der Waals surface area contributed by atoms with E-state index in [1.165, 1.54) is 0 Å². The van der Waals surface area contributed by atoms with Crippen LogP contribution in [0.2, 0.25) is 0 Å². The van der Waals surface area contributed by atoms with Crippen LogP contribution in [0.4, 0.5) is 5.82 Å². The van der Waals surface area contributed by atoms with Gasteiger partial charge in [-0.1, -0.05) is 12.2 Å². The van der Waals surface area contributed by atoms with Gasteiger partial charge >= 0.3 is 0 Å². The summed E-state index contributed by atoms with van der Waals surface area (Å²) in [6, 6.07) is 4.04. The molecule has 5 nitrogen and oxygen atoms in total. The van der Waals surface area contributed by atoms with E-state index < -0.39 is 0 Å². The van der Waals surface area contributed by atoms with Gasteiger partial charge < -0.3 is 10.1 Å². The lowest BCUT2D eigenvalue weighted by molar-refractivity contribution is 0.167. The first-order chi connectivity index (χ1) is 8.66. The summed E-state index contributed by atoms with van der Waals surface area (Å²) in [5, 5.41) is 7.47. The van der Waals surface area contributed by atoms with Crippen molar-refractivity contribution in [3.63, 3.8) is 0 Å². The maximum atomic E-state index is 5.43. The van der Waals surface area contributed by atoms with Crippen molar-refractivity contribution in [2.75, 3.05) is 25.1 Å². The third-order valence-corrected chi connectivity index (χ3v) is 2.42. The molecule has 0 bridgehead atoms. The van der Waals surface area contributed by atoms with Crippen LogP contribution in [-0.4, -0.2) is 34.4 Å². The average molecular weight is 246 g/mol. The van der Waals surface area contributed by atoms with Crippen molar-refractivity contribution in [2.45, 2.75) is 13.8 Å². The van der Waals surface area contributed by atoms with Gasteiger partial charge in [-0.15, -0.1) is 0 Å². The van der Waals surface area contributed by atoms with E-state index >= 15 is 0 Å². The van der Waals surface area contributed by atoms with Gasteiger partial charge in [0.2, 0.25) is 0 Å². The summed E-state index contributed by atoms with van der Waals surface area (Å²) in [5.74, 6) is 0.932. The fourth-order valence-corrected chi connectivity index (χ4v) is 1.68. The molecule has 1 N–H and O–H groups in total. The van der Waals surface area contributed by atoms with Crippen LogP contribution in [0.1, 0.15) is 12.5 Å². The Bertz CT molecular complexity index is 547.